The summed E-state index contributed by atoms with van der Waals surface area (Å²) in [5.74, 6) is 1.60. The molecule has 0 aromatic carbocycles. The van der Waals surface area contributed by atoms with Gasteiger partial charge >= 0.3 is 0 Å². The third kappa shape index (κ3) is 6.09. The zero-order valence-electron chi connectivity index (χ0n) is 13.8. The predicted molar refractivity (Wildman–Crippen MR) is 85.3 cm³/mol. The molecule has 20 heavy (non-hydrogen) atoms. The van der Waals surface area contributed by atoms with Crippen molar-refractivity contribution < 1.29 is 4.74 Å². The highest BCUT2D eigenvalue weighted by molar-refractivity contribution is 5.79. The minimum Gasteiger partial charge on any atom is -0.383 e. The van der Waals surface area contributed by atoms with Gasteiger partial charge in [-0.3, -0.25) is 9.89 Å². The van der Waals surface area contributed by atoms with Crippen LogP contribution in [-0.2, 0) is 4.74 Å². The molecular weight excluding hydrogens is 252 g/mol. The average Bonchev–Trinajstić information content (AvgIpc) is 2.81. The van der Waals surface area contributed by atoms with Gasteiger partial charge in [-0.05, 0) is 32.2 Å². The summed E-state index contributed by atoms with van der Waals surface area (Å²) in [6, 6.07) is 0.898. The van der Waals surface area contributed by atoms with Crippen molar-refractivity contribution in [1.29, 1.82) is 0 Å². The lowest BCUT2D eigenvalue weighted by atomic mass is 10.1. The van der Waals surface area contributed by atoms with E-state index in [9.17, 15) is 0 Å². The third-order valence-corrected chi connectivity index (χ3v) is 3.63. The smallest absolute Gasteiger partial charge is 0.191 e. The van der Waals surface area contributed by atoms with Gasteiger partial charge in [-0.1, -0.05) is 13.8 Å². The molecule has 1 fully saturated rings. The summed E-state index contributed by atoms with van der Waals surface area (Å²) in [4.78, 5) is 6.88. The van der Waals surface area contributed by atoms with Crippen molar-refractivity contribution in [2.75, 3.05) is 40.4 Å². The van der Waals surface area contributed by atoms with Crippen LogP contribution in [0.4, 0.5) is 0 Å². The molecular formula is C15H32N4O. The largest absolute Gasteiger partial charge is 0.383 e. The number of methoxy groups -OCH3 is 1. The highest BCUT2D eigenvalue weighted by Crippen LogP contribution is 2.17. The molecule has 0 radical (unpaired) electrons. The summed E-state index contributed by atoms with van der Waals surface area (Å²) in [7, 11) is 3.53. The summed E-state index contributed by atoms with van der Waals surface area (Å²) in [6.45, 7) is 10.7. The van der Waals surface area contributed by atoms with Crippen LogP contribution in [0.3, 0.4) is 0 Å². The third-order valence-electron chi connectivity index (χ3n) is 3.63. The van der Waals surface area contributed by atoms with Gasteiger partial charge in [0.05, 0.1) is 6.61 Å². The Morgan fingerprint density at radius 3 is 2.75 bits per heavy atom. The maximum Gasteiger partial charge on any atom is 0.191 e. The van der Waals surface area contributed by atoms with Crippen molar-refractivity contribution in [1.82, 2.24) is 15.5 Å². The Labute approximate surface area is 124 Å². The van der Waals surface area contributed by atoms with Gasteiger partial charge in [0.25, 0.3) is 0 Å². The monoisotopic (exact) mass is 284 g/mol. The first kappa shape index (κ1) is 17.2. The molecule has 0 amide bonds. The second-order valence-electron chi connectivity index (χ2n) is 6.14. The van der Waals surface area contributed by atoms with Gasteiger partial charge < -0.3 is 15.4 Å². The van der Waals surface area contributed by atoms with Crippen molar-refractivity contribution in [2.24, 2.45) is 10.9 Å². The number of likely N-dealkylation sites (tertiary alicyclic amines) is 1. The van der Waals surface area contributed by atoms with Crippen molar-refractivity contribution in [2.45, 2.75) is 45.7 Å². The van der Waals surface area contributed by atoms with Gasteiger partial charge in [-0.25, -0.2) is 0 Å². The average molecular weight is 284 g/mol. The number of hydrogen-bond acceptors (Lipinski definition) is 3. The first-order valence-electron chi connectivity index (χ1n) is 7.77. The van der Waals surface area contributed by atoms with Gasteiger partial charge in [0.15, 0.2) is 5.96 Å². The van der Waals surface area contributed by atoms with Crippen LogP contribution < -0.4 is 10.6 Å². The molecule has 118 valence electrons. The molecule has 0 saturated carbocycles. The summed E-state index contributed by atoms with van der Waals surface area (Å²) in [5.41, 5.74) is 0. The van der Waals surface area contributed by atoms with Crippen LogP contribution in [0.25, 0.3) is 0 Å². The molecule has 0 aromatic heterocycles. The quantitative estimate of drug-likeness (QED) is 0.547. The Balaban J connectivity index is 2.36. The Bertz CT molecular complexity index is 294. The van der Waals surface area contributed by atoms with Crippen LogP contribution in [0.1, 0.15) is 33.6 Å². The zero-order valence-corrected chi connectivity index (χ0v) is 13.8. The maximum atomic E-state index is 5.13. The molecule has 0 spiro atoms. The van der Waals surface area contributed by atoms with Gasteiger partial charge in [0, 0.05) is 39.3 Å². The number of nitrogens with one attached hydrogen (secondary N) is 2. The maximum absolute atomic E-state index is 5.13. The first-order chi connectivity index (χ1) is 9.56. The minimum absolute atomic E-state index is 0.265. The standard InChI is InChI=1S/C15H32N4O/c1-12(2)10-19-8-6-7-14(19)9-17-15(16-4)18-13(3)11-20-5/h12-14H,6-11H2,1-5H3,(H2,16,17,18)/t13?,14-/m1/s1. The van der Waals surface area contributed by atoms with Crippen LogP contribution in [-0.4, -0.2) is 63.3 Å². The van der Waals surface area contributed by atoms with E-state index in [4.69, 9.17) is 4.74 Å². The van der Waals surface area contributed by atoms with Crippen molar-refractivity contribution in [3.63, 3.8) is 0 Å². The van der Waals surface area contributed by atoms with Gasteiger partial charge in [0.1, 0.15) is 0 Å². The van der Waals surface area contributed by atoms with E-state index in [0.717, 1.165) is 18.4 Å². The fourth-order valence-electron chi connectivity index (χ4n) is 2.77. The van der Waals surface area contributed by atoms with E-state index >= 15 is 0 Å². The lowest BCUT2D eigenvalue weighted by molar-refractivity contribution is 0.178. The predicted octanol–water partition coefficient (Wildman–Crippen LogP) is 1.31. The molecule has 2 atom stereocenters. The Morgan fingerprint density at radius 2 is 2.15 bits per heavy atom. The molecule has 0 aromatic rings. The van der Waals surface area contributed by atoms with Crippen LogP contribution in [0.15, 0.2) is 4.99 Å². The Kier molecular flexibility index (Phi) is 7.92. The summed E-state index contributed by atoms with van der Waals surface area (Å²) < 4.78 is 5.13. The normalized spacial score (nSPS) is 22.3. The molecule has 0 bridgehead atoms. The molecule has 1 heterocycles. The highest BCUT2D eigenvalue weighted by Gasteiger charge is 2.24. The Hall–Kier alpha value is -0.810. The number of aliphatic imine (C=N–C) groups is 1. The molecule has 0 aliphatic carbocycles. The topological polar surface area (TPSA) is 48.9 Å². The van der Waals surface area contributed by atoms with Crippen molar-refractivity contribution >= 4 is 5.96 Å². The van der Waals surface area contributed by atoms with E-state index in [1.807, 2.05) is 7.05 Å². The Morgan fingerprint density at radius 1 is 1.40 bits per heavy atom. The van der Waals surface area contributed by atoms with Gasteiger partial charge in [0.2, 0.25) is 0 Å². The lowest BCUT2D eigenvalue weighted by Crippen LogP contribution is -2.48. The molecule has 1 aliphatic heterocycles. The lowest BCUT2D eigenvalue weighted by Gasteiger charge is -2.27. The summed E-state index contributed by atoms with van der Waals surface area (Å²) >= 11 is 0. The van der Waals surface area contributed by atoms with E-state index in [1.165, 1.54) is 25.9 Å². The molecule has 2 N–H and O–H groups in total. The number of rotatable bonds is 7. The van der Waals surface area contributed by atoms with E-state index in [-0.39, 0.29) is 6.04 Å². The van der Waals surface area contributed by atoms with Crippen LogP contribution >= 0.6 is 0 Å². The number of ether oxygens (including phenoxy) is 1. The molecule has 5 nitrogen and oxygen atoms in total. The number of guanidine groups is 1. The first-order valence-corrected chi connectivity index (χ1v) is 7.77. The summed E-state index contributed by atoms with van der Waals surface area (Å²) in [5, 5.41) is 6.79. The molecule has 1 aliphatic rings. The van der Waals surface area contributed by atoms with Crippen LogP contribution in [0, 0.1) is 5.92 Å². The summed E-state index contributed by atoms with van der Waals surface area (Å²) in [6.07, 6.45) is 2.59. The van der Waals surface area contributed by atoms with E-state index in [1.54, 1.807) is 7.11 Å². The fraction of sp³-hybridized carbons (Fsp3) is 0.933. The molecule has 1 rings (SSSR count). The van der Waals surface area contributed by atoms with Gasteiger partial charge in [-0.15, -0.1) is 0 Å². The molecule has 5 heteroatoms. The minimum atomic E-state index is 0.265. The van der Waals surface area contributed by atoms with E-state index in [2.05, 4.69) is 41.3 Å². The molecule has 1 saturated heterocycles. The highest BCUT2D eigenvalue weighted by atomic mass is 16.5. The SMILES string of the molecule is CN=C(NC[C@H]1CCCN1CC(C)C)NC(C)COC. The van der Waals surface area contributed by atoms with E-state index in [0.29, 0.717) is 12.6 Å². The second kappa shape index (κ2) is 9.19. The van der Waals surface area contributed by atoms with Crippen LogP contribution in [0.2, 0.25) is 0 Å². The fourth-order valence-corrected chi connectivity index (χ4v) is 2.77. The van der Waals surface area contributed by atoms with E-state index < -0.39 is 0 Å². The second-order valence-corrected chi connectivity index (χ2v) is 6.14. The van der Waals surface area contributed by atoms with Crippen molar-refractivity contribution in [3.05, 3.63) is 0 Å². The molecule has 1 unspecified atom stereocenters. The van der Waals surface area contributed by atoms with Gasteiger partial charge in [-0.2, -0.15) is 0 Å². The number of nitrogens with zero attached hydrogens (tertiary/aromatic N) is 2. The van der Waals surface area contributed by atoms with Crippen LogP contribution in [0.5, 0.6) is 0 Å². The zero-order chi connectivity index (χ0) is 15.0. The number of hydrogen-bond donors (Lipinski definition) is 2. The van der Waals surface area contributed by atoms with Crippen molar-refractivity contribution in [3.8, 4) is 0 Å².